The molecule has 1 aromatic carbocycles. The van der Waals surface area contributed by atoms with E-state index in [-0.39, 0.29) is 17.0 Å². The third-order valence-electron chi connectivity index (χ3n) is 2.92. The quantitative estimate of drug-likeness (QED) is 0.757. The average molecular weight is 309 g/mol. The second kappa shape index (κ2) is 5.88. The van der Waals surface area contributed by atoms with Crippen LogP contribution in [0.25, 0.3) is 0 Å². The monoisotopic (exact) mass is 308 g/mol. The number of hydrogen-bond donors (Lipinski definition) is 3. The third kappa shape index (κ3) is 3.17. The van der Waals surface area contributed by atoms with Crippen LogP contribution in [0.5, 0.6) is 5.75 Å². The summed E-state index contributed by atoms with van der Waals surface area (Å²) < 4.78 is 1.68. The standard InChI is InChI=1S/C14H13ClN2O4/c1-2-17-7-8(15)5-11(17)13(19)16-9-3-4-12(18)10(6-9)14(20)21/h3-7,18H,2H2,1H3,(H,16,19)(H,20,21). The number of aromatic nitrogens is 1. The van der Waals surface area contributed by atoms with Crippen molar-refractivity contribution in [1.29, 1.82) is 0 Å². The van der Waals surface area contributed by atoms with Gasteiger partial charge in [0.05, 0.1) is 5.02 Å². The molecule has 1 heterocycles. The summed E-state index contributed by atoms with van der Waals surface area (Å²) >= 11 is 5.87. The second-order valence-corrected chi connectivity index (χ2v) is 4.76. The summed E-state index contributed by atoms with van der Waals surface area (Å²) in [4.78, 5) is 23.1. The number of phenols is 1. The van der Waals surface area contributed by atoms with E-state index in [2.05, 4.69) is 5.32 Å². The Bertz CT molecular complexity index is 709. The Balaban J connectivity index is 2.27. The van der Waals surface area contributed by atoms with E-state index < -0.39 is 11.9 Å². The number of rotatable bonds is 4. The van der Waals surface area contributed by atoms with E-state index in [1.807, 2.05) is 6.92 Å². The molecule has 7 heteroatoms. The van der Waals surface area contributed by atoms with Crippen LogP contribution in [0.2, 0.25) is 5.02 Å². The summed E-state index contributed by atoms with van der Waals surface area (Å²) in [6, 6.07) is 5.35. The highest BCUT2D eigenvalue weighted by Gasteiger charge is 2.15. The van der Waals surface area contributed by atoms with Crippen LogP contribution in [0.4, 0.5) is 5.69 Å². The third-order valence-corrected chi connectivity index (χ3v) is 3.13. The van der Waals surface area contributed by atoms with Gasteiger partial charge in [-0.1, -0.05) is 11.6 Å². The van der Waals surface area contributed by atoms with Gasteiger partial charge in [-0.3, -0.25) is 4.79 Å². The van der Waals surface area contributed by atoms with E-state index in [0.717, 1.165) is 0 Å². The van der Waals surface area contributed by atoms with E-state index in [0.29, 0.717) is 17.3 Å². The topological polar surface area (TPSA) is 91.6 Å². The number of amides is 1. The smallest absolute Gasteiger partial charge is 0.339 e. The number of carbonyl (C=O) groups is 2. The molecule has 0 aliphatic heterocycles. The van der Waals surface area contributed by atoms with E-state index >= 15 is 0 Å². The molecule has 0 aliphatic rings. The summed E-state index contributed by atoms with van der Waals surface area (Å²) in [5, 5.41) is 21.4. The molecule has 0 aliphatic carbocycles. The maximum atomic E-state index is 12.2. The highest BCUT2D eigenvalue weighted by Crippen LogP contribution is 2.22. The molecule has 1 amide bonds. The van der Waals surface area contributed by atoms with Gasteiger partial charge in [0.15, 0.2) is 0 Å². The fourth-order valence-electron chi connectivity index (χ4n) is 1.91. The van der Waals surface area contributed by atoms with Crippen molar-refractivity contribution in [3.63, 3.8) is 0 Å². The molecule has 0 spiro atoms. The summed E-state index contributed by atoms with van der Waals surface area (Å²) in [7, 11) is 0. The lowest BCUT2D eigenvalue weighted by Gasteiger charge is -2.09. The largest absolute Gasteiger partial charge is 0.507 e. The highest BCUT2D eigenvalue weighted by atomic mass is 35.5. The first-order valence-corrected chi connectivity index (χ1v) is 6.53. The molecule has 3 N–H and O–H groups in total. The van der Waals surface area contributed by atoms with Crippen LogP contribution in [0.15, 0.2) is 30.5 Å². The molecule has 110 valence electrons. The van der Waals surface area contributed by atoms with Gasteiger partial charge in [0.25, 0.3) is 5.91 Å². The summed E-state index contributed by atoms with van der Waals surface area (Å²) in [5.74, 6) is -2.05. The van der Waals surface area contributed by atoms with Crippen LogP contribution in [0.1, 0.15) is 27.8 Å². The number of aryl methyl sites for hydroxylation is 1. The molecule has 0 radical (unpaired) electrons. The highest BCUT2D eigenvalue weighted by molar-refractivity contribution is 6.31. The molecular formula is C14H13ClN2O4. The van der Waals surface area contributed by atoms with Gasteiger partial charge in [-0.2, -0.15) is 0 Å². The van der Waals surface area contributed by atoms with Gasteiger partial charge in [0, 0.05) is 18.4 Å². The molecule has 0 saturated carbocycles. The van der Waals surface area contributed by atoms with Crippen molar-refractivity contribution < 1.29 is 19.8 Å². The Kier molecular flexibility index (Phi) is 4.18. The molecule has 0 fully saturated rings. The normalized spacial score (nSPS) is 10.4. The lowest BCUT2D eigenvalue weighted by Crippen LogP contribution is -2.16. The van der Waals surface area contributed by atoms with Crippen molar-refractivity contribution in [3.05, 3.63) is 46.7 Å². The fourth-order valence-corrected chi connectivity index (χ4v) is 2.13. The molecule has 6 nitrogen and oxygen atoms in total. The van der Waals surface area contributed by atoms with E-state index in [9.17, 15) is 14.7 Å². The van der Waals surface area contributed by atoms with Gasteiger partial charge >= 0.3 is 5.97 Å². The number of aromatic carboxylic acids is 1. The van der Waals surface area contributed by atoms with Gasteiger partial charge in [0.2, 0.25) is 0 Å². The van der Waals surface area contributed by atoms with E-state index in [1.165, 1.54) is 24.3 Å². The van der Waals surface area contributed by atoms with Gasteiger partial charge < -0.3 is 20.1 Å². The number of nitrogens with zero attached hydrogens (tertiary/aromatic N) is 1. The SMILES string of the molecule is CCn1cc(Cl)cc1C(=O)Nc1ccc(O)c(C(=O)O)c1. The van der Waals surface area contributed by atoms with Crippen LogP contribution in [-0.4, -0.2) is 26.7 Å². The van der Waals surface area contributed by atoms with Crippen molar-refractivity contribution in [2.45, 2.75) is 13.5 Å². The van der Waals surface area contributed by atoms with Crippen LogP contribution in [0, 0.1) is 0 Å². The molecule has 2 rings (SSSR count). The van der Waals surface area contributed by atoms with E-state index in [4.69, 9.17) is 16.7 Å². The molecule has 2 aromatic rings. The van der Waals surface area contributed by atoms with Crippen LogP contribution < -0.4 is 5.32 Å². The number of hydrogen-bond acceptors (Lipinski definition) is 3. The molecule has 0 bridgehead atoms. The summed E-state index contributed by atoms with van der Waals surface area (Å²) in [6.07, 6.45) is 1.63. The summed E-state index contributed by atoms with van der Waals surface area (Å²) in [6.45, 7) is 2.45. The maximum absolute atomic E-state index is 12.2. The zero-order valence-electron chi connectivity index (χ0n) is 11.1. The predicted molar refractivity (Wildman–Crippen MR) is 78.1 cm³/mol. The lowest BCUT2D eigenvalue weighted by molar-refractivity contribution is 0.0693. The molecule has 21 heavy (non-hydrogen) atoms. The molecular weight excluding hydrogens is 296 g/mol. The van der Waals surface area contributed by atoms with Crippen molar-refractivity contribution in [2.24, 2.45) is 0 Å². The number of benzene rings is 1. The van der Waals surface area contributed by atoms with E-state index in [1.54, 1.807) is 10.8 Å². The van der Waals surface area contributed by atoms with Crippen molar-refractivity contribution in [1.82, 2.24) is 4.57 Å². The number of carbonyl (C=O) groups excluding carboxylic acids is 1. The Morgan fingerprint density at radius 3 is 2.67 bits per heavy atom. The Morgan fingerprint density at radius 1 is 1.33 bits per heavy atom. The number of halogens is 1. The molecule has 1 aromatic heterocycles. The predicted octanol–water partition coefficient (Wildman–Crippen LogP) is 2.82. The second-order valence-electron chi connectivity index (χ2n) is 4.32. The van der Waals surface area contributed by atoms with Gasteiger partial charge in [0.1, 0.15) is 17.0 Å². The van der Waals surface area contributed by atoms with Crippen LogP contribution in [0.3, 0.4) is 0 Å². The minimum absolute atomic E-state index is 0.273. The van der Waals surface area contributed by atoms with Gasteiger partial charge in [-0.15, -0.1) is 0 Å². The maximum Gasteiger partial charge on any atom is 0.339 e. The number of carboxylic acids is 1. The Morgan fingerprint density at radius 2 is 2.05 bits per heavy atom. The van der Waals surface area contributed by atoms with Crippen LogP contribution >= 0.6 is 11.6 Å². The lowest BCUT2D eigenvalue weighted by atomic mass is 10.1. The fraction of sp³-hybridized carbons (Fsp3) is 0.143. The Labute approximate surface area is 125 Å². The minimum atomic E-state index is -1.27. The summed E-state index contributed by atoms with van der Waals surface area (Å²) in [5.41, 5.74) is 0.360. The first-order valence-electron chi connectivity index (χ1n) is 6.15. The first kappa shape index (κ1) is 14.9. The molecule has 0 unspecified atom stereocenters. The van der Waals surface area contributed by atoms with Gasteiger partial charge in [-0.05, 0) is 31.2 Å². The number of anilines is 1. The number of nitrogens with one attached hydrogen (secondary N) is 1. The van der Waals surface area contributed by atoms with Crippen molar-refractivity contribution in [2.75, 3.05) is 5.32 Å². The zero-order chi connectivity index (χ0) is 15.6. The average Bonchev–Trinajstić information content (AvgIpc) is 2.82. The minimum Gasteiger partial charge on any atom is -0.507 e. The van der Waals surface area contributed by atoms with Crippen molar-refractivity contribution >= 4 is 29.2 Å². The first-order chi connectivity index (χ1) is 9.92. The molecule has 0 saturated heterocycles. The number of carboxylic acid groups (broad SMARTS) is 1. The Hall–Kier alpha value is -2.47. The number of aromatic hydroxyl groups is 1. The van der Waals surface area contributed by atoms with Crippen molar-refractivity contribution in [3.8, 4) is 5.75 Å². The van der Waals surface area contributed by atoms with Gasteiger partial charge in [-0.25, -0.2) is 4.79 Å². The molecule has 0 atom stereocenters. The van der Waals surface area contributed by atoms with Crippen LogP contribution in [-0.2, 0) is 6.54 Å². The zero-order valence-corrected chi connectivity index (χ0v) is 11.9.